The van der Waals surface area contributed by atoms with E-state index in [1.807, 2.05) is 4.98 Å². The summed E-state index contributed by atoms with van der Waals surface area (Å²) >= 11 is 0. The van der Waals surface area contributed by atoms with E-state index in [9.17, 15) is 22.8 Å². The number of hydrogen-bond acceptors (Lipinski definition) is 3. The number of pyridine rings is 1. The van der Waals surface area contributed by atoms with Gasteiger partial charge in [-0.25, -0.2) is 5.10 Å². The van der Waals surface area contributed by atoms with Crippen LogP contribution in [0.15, 0.2) is 34.0 Å². The highest BCUT2D eigenvalue weighted by atomic mass is 19.4. The van der Waals surface area contributed by atoms with Gasteiger partial charge in [-0.2, -0.15) is 18.3 Å². The summed E-state index contributed by atoms with van der Waals surface area (Å²) in [7, 11) is 0. The molecule has 8 heteroatoms. The molecule has 0 aliphatic heterocycles. The molecule has 2 aromatic heterocycles. The van der Waals surface area contributed by atoms with E-state index in [2.05, 4.69) is 10.2 Å². The first-order valence-corrected chi connectivity index (χ1v) is 4.74. The van der Waals surface area contributed by atoms with E-state index in [-0.39, 0.29) is 11.3 Å². The van der Waals surface area contributed by atoms with Gasteiger partial charge in [0.25, 0.3) is 11.1 Å². The van der Waals surface area contributed by atoms with Crippen LogP contribution in [0, 0.1) is 0 Å². The molecule has 0 bridgehead atoms. The number of hydrogen-bond donors (Lipinski definition) is 2. The summed E-state index contributed by atoms with van der Waals surface area (Å²) in [6, 6.07) is 3.06. The van der Waals surface area contributed by atoms with E-state index < -0.39 is 22.9 Å². The highest BCUT2D eigenvalue weighted by Gasteiger charge is 2.34. The van der Waals surface area contributed by atoms with Crippen LogP contribution in [0.3, 0.4) is 0 Å². The third-order valence-corrected chi connectivity index (χ3v) is 2.18. The zero-order valence-electron chi connectivity index (χ0n) is 8.71. The summed E-state index contributed by atoms with van der Waals surface area (Å²) in [5, 5.41) is 5.67. The zero-order valence-corrected chi connectivity index (χ0v) is 8.71. The average Bonchev–Trinajstić information content (AvgIpc) is 2.29. The van der Waals surface area contributed by atoms with Crippen molar-refractivity contribution in [2.45, 2.75) is 6.18 Å². The molecule has 0 aromatic carbocycles. The van der Waals surface area contributed by atoms with Crippen LogP contribution in [-0.2, 0) is 6.18 Å². The molecule has 5 nitrogen and oxygen atoms in total. The second-order valence-corrected chi connectivity index (χ2v) is 3.44. The van der Waals surface area contributed by atoms with Crippen molar-refractivity contribution in [1.82, 2.24) is 15.2 Å². The number of nitrogens with zero attached hydrogens (tertiary/aromatic N) is 1. The lowest BCUT2D eigenvalue weighted by molar-refractivity contribution is -0.138. The van der Waals surface area contributed by atoms with Crippen molar-refractivity contribution in [3.63, 3.8) is 0 Å². The first kappa shape index (κ1) is 12.1. The molecule has 0 atom stereocenters. The standard InChI is InChI=1S/C10H6F3N3O2/c11-10(12,13)6-3-5(4-14-9(6)18)7-1-2-8(17)16-15-7/h1-4H,(H,14,18)(H,16,17). The van der Waals surface area contributed by atoms with Crippen LogP contribution in [0.1, 0.15) is 5.56 Å². The van der Waals surface area contributed by atoms with Gasteiger partial charge in [0.15, 0.2) is 0 Å². The molecule has 0 fully saturated rings. The second kappa shape index (κ2) is 4.13. The maximum absolute atomic E-state index is 12.5. The van der Waals surface area contributed by atoms with Gasteiger partial charge in [-0.1, -0.05) is 0 Å². The Bertz CT molecular complexity index is 667. The van der Waals surface area contributed by atoms with Crippen LogP contribution in [0.2, 0.25) is 0 Å². The van der Waals surface area contributed by atoms with E-state index in [1.165, 1.54) is 6.07 Å². The summed E-state index contributed by atoms with van der Waals surface area (Å²) < 4.78 is 37.5. The fourth-order valence-electron chi connectivity index (χ4n) is 1.35. The van der Waals surface area contributed by atoms with Crippen molar-refractivity contribution in [3.8, 4) is 11.3 Å². The summed E-state index contributed by atoms with van der Waals surface area (Å²) in [4.78, 5) is 23.8. The minimum absolute atomic E-state index is 0.0539. The number of aromatic nitrogens is 3. The minimum atomic E-state index is -4.74. The Labute approximate surface area is 97.3 Å². The van der Waals surface area contributed by atoms with Gasteiger partial charge in [0.1, 0.15) is 5.56 Å². The molecule has 0 unspecified atom stereocenters. The highest BCUT2D eigenvalue weighted by molar-refractivity contribution is 5.57. The first-order chi connectivity index (χ1) is 8.38. The van der Waals surface area contributed by atoms with Crippen molar-refractivity contribution < 1.29 is 13.2 Å². The monoisotopic (exact) mass is 257 g/mol. The molecule has 2 N–H and O–H groups in total. The highest BCUT2D eigenvalue weighted by Crippen LogP contribution is 2.28. The van der Waals surface area contributed by atoms with Gasteiger partial charge in [-0.3, -0.25) is 9.59 Å². The van der Waals surface area contributed by atoms with Crippen LogP contribution in [-0.4, -0.2) is 15.2 Å². The van der Waals surface area contributed by atoms with Gasteiger partial charge < -0.3 is 4.98 Å². The number of rotatable bonds is 1. The molecule has 0 radical (unpaired) electrons. The van der Waals surface area contributed by atoms with E-state index in [0.717, 1.165) is 12.3 Å². The summed E-state index contributed by atoms with van der Waals surface area (Å²) in [6.07, 6.45) is -3.65. The molecule has 0 aliphatic rings. The van der Waals surface area contributed by atoms with E-state index in [4.69, 9.17) is 0 Å². The SMILES string of the molecule is O=c1ccc(-c2c[nH]c(=O)c(C(F)(F)F)c2)n[nH]1. The third-order valence-electron chi connectivity index (χ3n) is 2.18. The Morgan fingerprint density at radius 1 is 1.17 bits per heavy atom. The number of aromatic amines is 2. The van der Waals surface area contributed by atoms with Gasteiger partial charge in [0, 0.05) is 17.8 Å². The van der Waals surface area contributed by atoms with E-state index in [0.29, 0.717) is 6.07 Å². The minimum Gasteiger partial charge on any atom is -0.328 e. The number of nitrogens with one attached hydrogen (secondary N) is 2. The predicted molar refractivity (Wildman–Crippen MR) is 55.9 cm³/mol. The largest absolute Gasteiger partial charge is 0.421 e. The van der Waals surface area contributed by atoms with Crippen LogP contribution in [0.4, 0.5) is 13.2 Å². The van der Waals surface area contributed by atoms with Gasteiger partial charge in [-0.15, -0.1) is 0 Å². The lowest BCUT2D eigenvalue weighted by atomic mass is 10.1. The Kier molecular flexibility index (Phi) is 2.77. The normalized spacial score (nSPS) is 11.5. The fourth-order valence-corrected chi connectivity index (χ4v) is 1.35. The summed E-state index contributed by atoms with van der Waals surface area (Å²) in [6.45, 7) is 0. The van der Waals surface area contributed by atoms with E-state index in [1.54, 1.807) is 0 Å². The Hall–Kier alpha value is -2.38. The molecule has 2 heterocycles. The van der Waals surface area contributed by atoms with Crippen LogP contribution >= 0.6 is 0 Å². The predicted octanol–water partition coefficient (Wildman–Crippen LogP) is 1.14. The Morgan fingerprint density at radius 2 is 1.89 bits per heavy atom. The zero-order chi connectivity index (χ0) is 13.3. The molecular formula is C10H6F3N3O2. The lowest BCUT2D eigenvalue weighted by Crippen LogP contribution is -2.21. The molecular weight excluding hydrogens is 251 g/mol. The first-order valence-electron chi connectivity index (χ1n) is 4.74. The molecule has 0 spiro atoms. The topological polar surface area (TPSA) is 78.6 Å². The van der Waals surface area contributed by atoms with Crippen molar-refractivity contribution in [2.24, 2.45) is 0 Å². The number of alkyl halides is 3. The van der Waals surface area contributed by atoms with Gasteiger partial charge in [0.2, 0.25) is 0 Å². The second-order valence-electron chi connectivity index (χ2n) is 3.44. The molecule has 0 aliphatic carbocycles. The molecule has 18 heavy (non-hydrogen) atoms. The quantitative estimate of drug-likeness (QED) is 0.804. The number of halogens is 3. The van der Waals surface area contributed by atoms with Gasteiger partial charge in [0.05, 0.1) is 5.69 Å². The summed E-state index contributed by atoms with van der Waals surface area (Å²) in [5.74, 6) is 0. The molecule has 2 aromatic rings. The Morgan fingerprint density at radius 3 is 2.44 bits per heavy atom. The molecule has 2 rings (SSSR count). The molecule has 0 saturated carbocycles. The average molecular weight is 257 g/mol. The van der Waals surface area contributed by atoms with Crippen molar-refractivity contribution in [3.05, 3.63) is 50.7 Å². The molecule has 0 saturated heterocycles. The molecule has 0 amide bonds. The fraction of sp³-hybridized carbons (Fsp3) is 0.100. The van der Waals surface area contributed by atoms with Crippen LogP contribution < -0.4 is 11.1 Å². The van der Waals surface area contributed by atoms with Gasteiger partial charge in [-0.05, 0) is 12.1 Å². The van der Waals surface area contributed by atoms with E-state index >= 15 is 0 Å². The maximum atomic E-state index is 12.5. The number of H-pyrrole nitrogens is 2. The van der Waals surface area contributed by atoms with Crippen LogP contribution in [0.5, 0.6) is 0 Å². The maximum Gasteiger partial charge on any atom is 0.421 e. The van der Waals surface area contributed by atoms with Crippen molar-refractivity contribution >= 4 is 0 Å². The third kappa shape index (κ3) is 2.31. The van der Waals surface area contributed by atoms with Crippen molar-refractivity contribution in [2.75, 3.05) is 0 Å². The van der Waals surface area contributed by atoms with Gasteiger partial charge >= 0.3 is 6.18 Å². The van der Waals surface area contributed by atoms with Crippen molar-refractivity contribution in [1.29, 1.82) is 0 Å². The summed E-state index contributed by atoms with van der Waals surface area (Å²) in [5.41, 5.74) is -2.84. The smallest absolute Gasteiger partial charge is 0.328 e. The molecule has 94 valence electrons. The van der Waals surface area contributed by atoms with Crippen LogP contribution in [0.25, 0.3) is 11.3 Å². The Balaban J connectivity index is 2.57. The lowest BCUT2D eigenvalue weighted by Gasteiger charge is -2.06.